The predicted octanol–water partition coefficient (Wildman–Crippen LogP) is 3.29. The fraction of sp³-hybridized carbons (Fsp3) is 0.500. The van der Waals surface area contributed by atoms with Crippen molar-refractivity contribution in [1.29, 1.82) is 0 Å². The van der Waals surface area contributed by atoms with Crippen molar-refractivity contribution < 1.29 is 9.09 Å². The molecule has 1 aromatic rings. The van der Waals surface area contributed by atoms with Gasteiger partial charge in [-0.1, -0.05) is 37.3 Å². The van der Waals surface area contributed by atoms with Gasteiger partial charge in [-0.05, 0) is 19.5 Å². The van der Waals surface area contributed by atoms with Gasteiger partial charge in [-0.3, -0.25) is 4.57 Å². The highest BCUT2D eigenvalue weighted by Gasteiger charge is 2.44. The first-order valence-corrected chi connectivity index (χ1v) is 7.40. The van der Waals surface area contributed by atoms with Crippen LogP contribution in [-0.4, -0.2) is 23.9 Å². The molecule has 0 spiro atoms. The smallest absolute Gasteiger partial charge is 0.272 e. The van der Waals surface area contributed by atoms with Gasteiger partial charge in [-0.25, -0.2) is 4.67 Å². The van der Waals surface area contributed by atoms with Crippen LogP contribution in [0, 0.1) is 0 Å². The molecule has 0 radical (unpaired) electrons. The standard InChI is InChI=1S/C12H18NO2P/c1-4-16(14)13(3)10(2)12(15-16)11-8-6-5-7-9-11/h5-10,12H,4H2,1-3H3/t10-,12+,16+/m1/s1. The maximum absolute atomic E-state index is 12.4. The van der Waals surface area contributed by atoms with Crippen LogP contribution in [0.2, 0.25) is 0 Å². The second kappa shape index (κ2) is 4.33. The number of nitrogens with zero attached hydrogens (tertiary/aromatic N) is 1. The van der Waals surface area contributed by atoms with Gasteiger partial charge in [0, 0.05) is 12.2 Å². The Morgan fingerprint density at radius 2 is 2.00 bits per heavy atom. The maximum Gasteiger partial charge on any atom is 0.272 e. The number of benzene rings is 1. The third-order valence-corrected chi connectivity index (χ3v) is 6.00. The van der Waals surface area contributed by atoms with Crippen LogP contribution in [-0.2, 0) is 9.09 Å². The molecule has 3 atom stereocenters. The number of hydrogen-bond donors (Lipinski definition) is 0. The van der Waals surface area contributed by atoms with Gasteiger partial charge in [0.1, 0.15) is 6.10 Å². The lowest BCUT2D eigenvalue weighted by Gasteiger charge is -2.19. The summed E-state index contributed by atoms with van der Waals surface area (Å²) in [6, 6.07) is 10.2. The Labute approximate surface area is 96.9 Å². The second-order valence-corrected chi connectivity index (χ2v) is 6.95. The van der Waals surface area contributed by atoms with Crippen molar-refractivity contribution >= 4 is 7.52 Å². The Kier molecular flexibility index (Phi) is 3.20. The molecule has 3 nitrogen and oxygen atoms in total. The minimum absolute atomic E-state index is 0.0722. The molecule has 0 N–H and O–H groups in total. The van der Waals surface area contributed by atoms with E-state index in [9.17, 15) is 4.57 Å². The maximum atomic E-state index is 12.4. The Morgan fingerprint density at radius 3 is 2.50 bits per heavy atom. The van der Waals surface area contributed by atoms with Crippen LogP contribution in [0.3, 0.4) is 0 Å². The molecule has 0 unspecified atom stereocenters. The van der Waals surface area contributed by atoms with Crippen LogP contribution in [0.15, 0.2) is 30.3 Å². The van der Waals surface area contributed by atoms with E-state index in [2.05, 4.69) is 6.92 Å². The summed E-state index contributed by atoms with van der Waals surface area (Å²) in [5.41, 5.74) is 1.10. The molecular weight excluding hydrogens is 221 g/mol. The fourth-order valence-electron chi connectivity index (χ4n) is 2.09. The minimum Gasteiger partial charge on any atom is -0.308 e. The van der Waals surface area contributed by atoms with Crippen LogP contribution in [0.1, 0.15) is 25.5 Å². The first-order chi connectivity index (χ1) is 7.58. The first-order valence-electron chi connectivity index (χ1n) is 5.64. The lowest BCUT2D eigenvalue weighted by Crippen LogP contribution is -2.23. The molecular formula is C12H18NO2P. The number of hydrogen-bond acceptors (Lipinski definition) is 2. The normalized spacial score (nSPS) is 35.4. The summed E-state index contributed by atoms with van der Waals surface area (Å²) in [5, 5.41) is 0. The average Bonchev–Trinajstić information content (AvgIpc) is 2.56. The van der Waals surface area contributed by atoms with Crippen molar-refractivity contribution in [2.24, 2.45) is 0 Å². The van der Waals surface area contributed by atoms with E-state index in [1.165, 1.54) is 0 Å². The van der Waals surface area contributed by atoms with E-state index in [0.717, 1.165) is 5.56 Å². The largest absolute Gasteiger partial charge is 0.308 e. The molecule has 16 heavy (non-hydrogen) atoms. The molecule has 0 saturated carbocycles. The van der Waals surface area contributed by atoms with Gasteiger partial charge in [-0.15, -0.1) is 0 Å². The molecule has 0 aliphatic carbocycles. The molecule has 1 fully saturated rings. The number of rotatable bonds is 2. The van der Waals surface area contributed by atoms with E-state index in [4.69, 9.17) is 4.52 Å². The highest BCUT2D eigenvalue weighted by molar-refractivity contribution is 7.56. The number of likely N-dealkylation sites (N-methyl/N-ethyl adjacent to an activating group) is 1. The lowest BCUT2D eigenvalue weighted by molar-refractivity contribution is 0.210. The Balaban J connectivity index is 2.30. The molecule has 0 amide bonds. The Morgan fingerprint density at radius 1 is 1.38 bits per heavy atom. The van der Waals surface area contributed by atoms with Gasteiger partial charge < -0.3 is 4.52 Å². The van der Waals surface area contributed by atoms with E-state index in [1.807, 2.05) is 49.0 Å². The van der Waals surface area contributed by atoms with Gasteiger partial charge in [-0.2, -0.15) is 0 Å². The molecule has 2 rings (SSSR count). The van der Waals surface area contributed by atoms with Gasteiger partial charge in [0.15, 0.2) is 0 Å². The van der Waals surface area contributed by atoms with Crippen molar-refractivity contribution in [3.8, 4) is 0 Å². The molecule has 1 saturated heterocycles. The highest BCUT2D eigenvalue weighted by Crippen LogP contribution is 2.61. The zero-order valence-corrected chi connectivity index (χ0v) is 10.9. The van der Waals surface area contributed by atoms with Crippen LogP contribution >= 0.6 is 7.52 Å². The SMILES string of the molecule is CC[P@]1(=O)O[C@H](c2ccccc2)[C@@H](C)N1C. The fourth-order valence-corrected chi connectivity index (χ4v) is 4.17. The predicted molar refractivity (Wildman–Crippen MR) is 65.6 cm³/mol. The van der Waals surface area contributed by atoms with Crippen LogP contribution in [0.5, 0.6) is 0 Å². The summed E-state index contributed by atoms with van der Waals surface area (Å²) in [5.74, 6) is 0. The van der Waals surface area contributed by atoms with Gasteiger partial charge in [0.2, 0.25) is 0 Å². The van der Waals surface area contributed by atoms with Crippen molar-refractivity contribution in [2.75, 3.05) is 13.2 Å². The van der Waals surface area contributed by atoms with Crippen molar-refractivity contribution in [1.82, 2.24) is 4.67 Å². The summed E-state index contributed by atoms with van der Waals surface area (Å²) in [7, 11) is -0.700. The lowest BCUT2D eigenvalue weighted by atomic mass is 10.0. The Bertz CT molecular complexity index is 407. The first kappa shape index (κ1) is 11.8. The highest BCUT2D eigenvalue weighted by atomic mass is 31.2. The molecule has 88 valence electrons. The second-order valence-electron chi connectivity index (χ2n) is 4.20. The zero-order chi connectivity index (χ0) is 11.8. The summed E-state index contributed by atoms with van der Waals surface area (Å²) < 4.78 is 20.1. The third-order valence-electron chi connectivity index (χ3n) is 3.31. The molecule has 1 heterocycles. The average molecular weight is 239 g/mol. The monoisotopic (exact) mass is 239 g/mol. The quantitative estimate of drug-likeness (QED) is 0.742. The minimum atomic E-state index is -2.59. The zero-order valence-electron chi connectivity index (χ0n) is 9.96. The van der Waals surface area contributed by atoms with E-state index in [1.54, 1.807) is 0 Å². The molecule has 1 aliphatic rings. The summed E-state index contributed by atoms with van der Waals surface area (Å²) in [6.45, 7) is 3.98. The summed E-state index contributed by atoms with van der Waals surface area (Å²) in [4.78, 5) is 0. The van der Waals surface area contributed by atoms with Crippen molar-refractivity contribution in [2.45, 2.75) is 26.0 Å². The van der Waals surface area contributed by atoms with E-state index >= 15 is 0 Å². The van der Waals surface area contributed by atoms with Crippen LogP contribution < -0.4 is 0 Å². The van der Waals surface area contributed by atoms with Gasteiger partial charge in [0.25, 0.3) is 7.52 Å². The van der Waals surface area contributed by atoms with Crippen molar-refractivity contribution in [3.05, 3.63) is 35.9 Å². The van der Waals surface area contributed by atoms with Crippen LogP contribution in [0.25, 0.3) is 0 Å². The topological polar surface area (TPSA) is 29.5 Å². The van der Waals surface area contributed by atoms with E-state index in [-0.39, 0.29) is 12.1 Å². The molecule has 1 aromatic carbocycles. The molecule has 4 heteroatoms. The third kappa shape index (κ3) is 1.84. The molecule has 0 bridgehead atoms. The van der Waals surface area contributed by atoms with Crippen LogP contribution in [0.4, 0.5) is 0 Å². The van der Waals surface area contributed by atoms with Crippen molar-refractivity contribution in [3.63, 3.8) is 0 Å². The summed E-state index contributed by atoms with van der Waals surface area (Å²) in [6.07, 6.45) is 0.494. The van der Waals surface area contributed by atoms with E-state index in [0.29, 0.717) is 6.16 Å². The Hall–Kier alpha value is -0.630. The summed E-state index contributed by atoms with van der Waals surface area (Å²) >= 11 is 0. The van der Waals surface area contributed by atoms with Gasteiger partial charge >= 0.3 is 0 Å². The van der Waals surface area contributed by atoms with Gasteiger partial charge in [0.05, 0.1) is 0 Å². The molecule has 1 aliphatic heterocycles. The van der Waals surface area contributed by atoms with E-state index < -0.39 is 7.52 Å². The molecule has 0 aromatic heterocycles.